The molecule has 0 saturated carbocycles. The minimum Gasteiger partial charge on any atom is -0.481 e. The fourth-order valence-corrected chi connectivity index (χ4v) is 2.67. The molecule has 0 spiro atoms. The largest absolute Gasteiger partial charge is 0.481 e. The maximum atomic E-state index is 12.6. The van der Waals surface area contributed by atoms with Gasteiger partial charge >= 0.3 is 5.97 Å². The third-order valence-corrected chi connectivity index (χ3v) is 4.12. The molecule has 0 radical (unpaired) electrons. The molecular formula is C22H20O5. The van der Waals surface area contributed by atoms with Gasteiger partial charge in [-0.15, -0.1) is 0 Å². The molecule has 3 rings (SSSR count). The Morgan fingerprint density at radius 1 is 1.15 bits per heavy atom. The van der Waals surface area contributed by atoms with E-state index in [1.165, 1.54) is 6.08 Å². The van der Waals surface area contributed by atoms with Crippen molar-refractivity contribution in [3.05, 3.63) is 77.1 Å². The first-order chi connectivity index (χ1) is 13.0. The normalized spacial score (nSPS) is 13.9. The van der Waals surface area contributed by atoms with Gasteiger partial charge in [-0.25, -0.2) is 4.79 Å². The maximum Gasteiger partial charge on any atom is 0.344 e. The van der Waals surface area contributed by atoms with Crippen molar-refractivity contribution >= 4 is 17.8 Å². The zero-order valence-corrected chi connectivity index (χ0v) is 15.3. The number of ether oxygens (including phenoxy) is 3. The first-order valence-corrected chi connectivity index (χ1v) is 8.53. The lowest BCUT2D eigenvalue weighted by molar-refractivity contribution is -0.144. The molecule has 2 aromatic rings. The highest BCUT2D eigenvalue weighted by molar-refractivity contribution is 6.14. The number of aryl methyl sites for hydroxylation is 1. The number of fused-ring (bicyclic) bond motifs is 1. The first-order valence-electron chi connectivity index (χ1n) is 8.53. The zero-order chi connectivity index (χ0) is 19.4. The van der Waals surface area contributed by atoms with Crippen molar-refractivity contribution in [2.24, 2.45) is 0 Å². The minimum atomic E-state index is -0.494. The molecule has 0 amide bonds. The average Bonchev–Trinajstić information content (AvgIpc) is 2.98. The Morgan fingerprint density at radius 2 is 1.89 bits per heavy atom. The van der Waals surface area contributed by atoms with Gasteiger partial charge in [-0.3, -0.25) is 4.79 Å². The van der Waals surface area contributed by atoms with E-state index in [4.69, 9.17) is 14.2 Å². The van der Waals surface area contributed by atoms with Crippen molar-refractivity contribution in [3.63, 3.8) is 0 Å². The average molecular weight is 364 g/mol. The second-order valence-electron chi connectivity index (χ2n) is 6.18. The number of carbonyl (C=O) groups is 2. The van der Waals surface area contributed by atoms with Crippen LogP contribution < -0.4 is 9.47 Å². The second kappa shape index (κ2) is 7.91. The predicted molar refractivity (Wildman–Crippen MR) is 102 cm³/mol. The van der Waals surface area contributed by atoms with Crippen LogP contribution in [0.4, 0.5) is 0 Å². The highest BCUT2D eigenvalue weighted by Crippen LogP contribution is 2.39. The molecule has 1 heterocycles. The highest BCUT2D eigenvalue weighted by atomic mass is 16.6. The Kier molecular flexibility index (Phi) is 5.41. The molecule has 138 valence electrons. The zero-order valence-electron chi connectivity index (χ0n) is 15.3. The molecule has 2 aromatic carbocycles. The number of hydrogen-bond donors (Lipinski definition) is 0. The van der Waals surface area contributed by atoms with Crippen LogP contribution in [0.3, 0.4) is 0 Å². The molecule has 0 aliphatic carbocycles. The Morgan fingerprint density at radius 3 is 2.59 bits per heavy atom. The molecule has 5 heteroatoms. The van der Waals surface area contributed by atoms with Crippen LogP contribution in [0.15, 0.2) is 54.8 Å². The number of allylic oxidation sites excluding steroid dienone is 1. The van der Waals surface area contributed by atoms with Crippen LogP contribution in [0, 0.1) is 13.8 Å². The van der Waals surface area contributed by atoms with Crippen LogP contribution in [0.5, 0.6) is 11.5 Å². The van der Waals surface area contributed by atoms with Crippen molar-refractivity contribution in [1.29, 1.82) is 0 Å². The summed E-state index contributed by atoms with van der Waals surface area (Å²) in [6.07, 6.45) is 3.20. The minimum absolute atomic E-state index is 0.135. The van der Waals surface area contributed by atoms with Gasteiger partial charge in [-0.2, -0.15) is 0 Å². The predicted octanol–water partition coefficient (Wildman–Crippen LogP) is 4.03. The van der Waals surface area contributed by atoms with Gasteiger partial charge in [0.1, 0.15) is 18.1 Å². The van der Waals surface area contributed by atoms with Crippen LogP contribution in [-0.2, 0) is 9.53 Å². The van der Waals surface area contributed by atoms with Gasteiger partial charge in [0.25, 0.3) is 0 Å². The third kappa shape index (κ3) is 4.08. The van der Waals surface area contributed by atoms with Crippen molar-refractivity contribution in [2.75, 3.05) is 13.2 Å². The van der Waals surface area contributed by atoms with Crippen molar-refractivity contribution in [3.8, 4) is 11.5 Å². The maximum absolute atomic E-state index is 12.6. The fourth-order valence-electron chi connectivity index (χ4n) is 2.67. The van der Waals surface area contributed by atoms with E-state index in [9.17, 15) is 9.59 Å². The van der Waals surface area contributed by atoms with E-state index >= 15 is 0 Å². The number of esters is 1. The van der Waals surface area contributed by atoms with Gasteiger partial charge in [-0.05, 0) is 37.6 Å². The lowest BCUT2D eigenvalue weighted by atomic mass is 10.1. The number of rotatable bonds is 6. The second-order valence-corrected chi connectivity index (χ2v) is 6.18. The van der Waals surface area contributed by atoms with Gasteiger partial charge in [0.05, 0.1) is 5.56 Å². The van der Waals surface area contributed by atoms with Crippen molar-refractivity contribution in [1.82, 2.24) is 0 Å². The smallest absolute Gasteiger partial charge is 0.344 e. The van der Waals surface area contributed by atoms with E-state index in [0.717, 1.165) is 11.1 Å². The Bertz CT molecular complexity index is 922. The van der Waals surface area contributed by atoms with Crippen LogP contribution in [-0.4, -0.2) is 25.0 Å². The molecule has 1 aliphatic heterocycles. The monoisotopic (exact) mass is 364 g/mol. The molecule has 0 bridgehead atoms. The molecular weight excluding hydrogens is 344 g/mol. The molecule has 0 saturated heterocycles. The van der Waals surface area contributed by atoms with Gasteiger partial charge < -0.3 is 14.2 Å². The van der Waals surface area contributed by atoms with E-state index in [1.54, 1.807) is 25.1 Å². The molecule has 0 atom stereocenters. The van der Waals surface area contributed by atoms with Gasteiger partial charge in [0.2, 0.25) is 5.78 Å². The first kappa shape index (κ1) is 18.5. The van der Waals surface area contributed by atoms with Crippen LogP contribution in [0.1, 0.15) is 27.0 Å². The fraction of sp³-hybridized carbons (Fsp3) is 0.182. The number of benzene rings is 2. The van der Waals surface area contributed by atoms with E-state index in [2.05, 4.69) is 6.58 Å². The summed E-state index contributed by atoms with van der Waals surface area (Å²) >= 11 is 0. The summed E-state index contributed by atoms with van der Waals surface area (Å²) in [5, 5.41) is 0. The van der Waals surface area contributed by atoms with Crippen LogP contribution >= 0.6 is 0 Å². The van der Waals surface area contributed by atoms with Crippen molar-refractivity contribution in [2.45, 2.75) is 13.8 Å². The van der Waals surface area contributed by atoms with Crippen LogP contribution in [0.2, 0.25) is 0 Å². The molecule has 0 aromatic heterocycles. The van der Waals surface area contributed by atoms with E-state index < -0.39 is 5.97 Å². The summed E-state index contributed by atoms with van der Waals surface area (Å²) in [5.74, 6) is 0.515. The summed E-state index contributed by atoms with van der Waals surface area (Å²) < 4.78 is 16.2. The highest BCUT2D eigenvalue weighted by Gasteiger charge is 2.30. The SMILES string of the molecule is C=CCOC(=O)COc1ccc2c(c1C)O/C(=C\c1ccc(C)cc1)C2=O. The topological polar surface area (TPSA) is 61.8 Å². The van der Waals surface area contributed by atoms with E-state index in [1.807, 2.05) is 31.2 Å². The summed E-state index contributed by atoms with van der Waals surface area (Å²) in [6, 6.07) is 11.1. The molecule has 5 nitrogen and oxygen atoms in total. The number of hydrogen-bond acceptors (Lipinski definition) is 5. The van der Waals surface area contributed by atoms with Crippen molar-refractivity contribution < 1.29 is 23.8 Å². The summed E-state index contributed by atoms with van der Waals surface area (Å²) in [4.78, 5) is 24.2. The molecule has 1 aliphatic rings. The van der Waals surface area contributed by atoms with E-state index in [0.29, 0.717) is 22.6 Å². The number of Topliss-reactive ketones (excluding diaryl/α,β-unsaturated/α-hetero) is 1. The lowest BCUT2D eigenvalue weighted by Crippen LogP contribution is -2.15. The molecule has 0 unspecified atom stereocenters. The molecule has 27 heavy (non-hydrogen) atoms. The summed E-state index contributed by atoms with van der Waals surface area (Å²) in [5.41, 5.74) is 3.16. The van der Waals surface area contributed by atoms with Gasteiger partial charge in [0.15, 0.2) is 12.4 Å². The van der Waals surface area contributed by atoms with Crippen LogP contribution in [0.25, 0.3) is 6.08 Å². The Labute approximate surface area is 157 Å². The molecule has 0 N–H and O–H groups in total. The summed E-state index contributed by atoms with van der Waals surface area (Å²) in [7, 11) is 0. The lowest BCUT2D eigenvalue weighted by Gasteiger charge is -2.10. The molecule has 0 fully saturated rings. The Hall–Kier alpha value is -3.34. The third-order valence-electron chi connectivity index (χ3n) is 4.12. The quantitative estimate of drug-likeness (QED) is 0.440. The van der Waals surface area contributed by atoms with Gasteiger partial charge in [0, 0.05) is 5.56 Å². The van der Waals surface area contributed by atoms with E-state index in [-0.39, 0.29) is 24.8 Å². The van der Waals surface area contributed by atoms with Gasteiger partial charge in [-0.1, -0.05) is 42.5 Å². The number of ketones is 1. The number of carbonyl (C=O) groups excluding carboxylic acids is 2. The summed E-state index contributed by atoms with van der Waals surface area (Å²) in [6.45, 7) is 7.17. The standard InChI is InChI=1S/C22H20O5/c1-4-11-25-20(23)13-26-18-10-9-17-21(24)19(27-22(17)15(18)3)12-16-7-5-14(2)6-8-16/h4-10,12H,1,11,13H2,2-3H3/b19-12-. The Balaban J connectivity index is 1.78.